The molecule has 0 aromatic heterocycles. The molecular formula is C73H128O5. The second-order valence-corrected chi connectivity index (χ2v) is 22.5. The van der Waals surface area contributed by atoms with Gasteiger partial charge < -0.3 is 14.6 Å². The Labute approximate surface area is 485 Å². The maximum absolute atomic E-state index is 12.4. The van der Waals surface area contributed by atoms with Gasteiger partial charge >= 0.3 is 11.9 Å². The average Bonchev–Trinajstić information content (AvgIpc) is 3.44. The molecule has 0 aliphatic carbocycles. The molecular weight excluding hydrogens is 957 g/mol. The highest BCUT2D eigenvalue weighted by molar-refractivity contribution is 5.70. The summed E-state index contributed by atoms with van der Waals surface area (Å²) in [6, 6.07) is 0. The monoisotopic (exact) mass is 1080 g/mol. The number of carbonyl (C=O) groups excluding carboxylic acids is 2. The zero-order valence-corrected chi connectivity index (χ0v) is 51.7. The molecule has 450 valence electrons. The van der Waals surface area contributed by atoms with Crippen molar-refractivity contribution in [3.05, 3.63) is 97.2 Å². The van der Waals surface area contributed by atoms with Gasteiger partial charge in [0.15, 0.2) is 6.10 Å². The number of aliphatic hydroxyl groups excluding tert-OH is 1. The van der Waals surface area contributed by atoms with Crippen LogP contribution in [0.4, 0.5) is 0 Å². The fourth-order valence-electron chi connectivity index (χ4n) is 9.83. The fraction of sp³-hybridized carbons (Fsp3) is 0.753. The largest absolute Gasteiger partial charge is 0.462 e. The Balaban J connectivity index is 3.46. The summed E-state index contributed by atoms with van der Waals surface area (Å²) in [5.41, 5.74) is 0. The van der Waals surface area contributed by atoms with Crippen LogP contribution in [0.3, 0.4) is 0 Å². The van der Waals surface area contributed by atoms with Gasteiger partial charge in [-0.1, -0.05) is 323 Å². The maximum atomic E-state index is 12.4. The van der Waals surface area contributed by atoms with Gasteiger partial charge in [0.2, 0.25) is 0 Å². The summed E-state index contributed by atoms with van der Waals surface area (Å²) in [6.45, 7) is 4.06. The molecule has 0 amide bonds. The first-order chi connectivity index (χ1) is 38.6. The minimum Gasteiger partial charge on any atom is -0.462 e. The lowest BCUT2D eigenvalue weighted by Gasteiger charge is -2.15. The summed E-state index contributed by atoms with van der Waals surface area (Å²) in [5.74, 6) is -0.578. The van der Waals surface area contributed by atoms with Crippen molar-refractivity contribution in [3.8, 4) is 0 Å². The van der Waals surface area contributed by atoms with Gasteiger partial charge in [0, 0.05) is 12.8 Å². The highest BCUT2D eigenvalue weighted by Crippen LogP contribution is 2.17. The van der Waals surface area contributed by atoms with E-state index in [2.05, 4.69) is 111 Å². The maximum Gasteiger partial charge on any atom is 0.306 e. The van der Waals surface area contributed by atoms with Crippen LogP contribution in [-0.4, -0.2) is 36.4 Å². The van der Waals surface area contributed by atoms with Gasteiger partial charge in [0.1, 0.15) is 6.61 Å². The zero-order chi connectivity index (χ0) is 56.2. The third kappa shape index (κ3) is 65.3. The van der Waals surface area contributed by atoms with Crippen molar-refractivity contribution >= 4 is 11.9 Å². The molecule has 0 aromatic rings. The van der Waals surface area contributed by atoms with Gasteiger partial charge in [0.25, 0.3) is 0 Å². The van der Waals surface area contributed by atoms with Crippen molar-refractivity contribution in [2.45, 2.75) is 341 Å². The molecule has 0 saturated heterocycles. The van der Waals surface area contributed by atoms with Gasteiger partial charge in [-0.3, -0.25) is 9.59 Å². The Kier molecular flexibility index (Phi) is 65.3. The van der Waals surface area contributed by atoms with Crippen LogP contribution in [0.5, 0.6) is 0 Å². The first-order valence-electron chi connectivity index (χ1n) is 33.8. The average molecular weight is 1090 g/mol. The highest BCUT2D eigenvalue weighted by atomic mass is 16.6. The van der Waals surface area contributed by atoms with E-state index in [1.807, 2.05) is 0 Å². The Bertz CT molecular complexity index is 1460. The molecule has 5 heteroatoms. The van der Waals surface area contributed by atoms with E-state index in [0.29, 0.717) is 12.8 Å². The predicted octanol–water partition coefficient (Wildman–Crippen LogP) is 23.4. The van der Waals surface area contributed by atoms with E-state index in [9.17, 15) is 14.7 Å². The van der Waals surface area contributed by atoms with Crippen LogP contribution in [-0.2, 0) is 19.1 Å². The van der Waals surface area contributed by atoms with E-state index >= 15 is 0 Å². The first-order valence-corrected chi connectivity index (χ1v) is 33.8. The second-order valence-electron chi connectivity index (χ2n) is 22.5. The molecule has 0 heterocycles. The van der Waals surface area contributed by atoms with Crippen molar-refractivity contribution in [1.29, 1.82) is 0 Å². The van der Waals surface area contributed by atoms with Crippen molar-refractivity contribution < 1.29 is 24.2 Å². The Morgan fingerprint density at radius 3 is 0.846 bits per heavy atom. The van der Waals surface area contributed by atoms with Crippen molar-refractivity contribution in [2.24, 2.45) is 0 Å². The summed E-state index contributed by atoms with van der Waals surface area (Å²) in [5, 5.41) is 9.69. The third-order valence-corrected chi connectivity index (χ3v) is 14.9. The van der Waals surface area contributed by atoms with E-state index in [0.717, 1.165) is 83.5 Å². The van der Waals surface area contributed by atoms with Gasteiger partial charge in [0.05, 0.1) is 6.61 Å². The molecule has 0 radical (unpaired) electrons. The van der Waals surface area contributed by atoms with Crippen molar-refractivity contribution in [1.82, 2.24) is 0 Å². The fourth-order valence-corrected chi connectivity index (χ4v) is 9.83. The number of allylic oxidation sites excluding steroid dienone is 16. The van der Waals surface area contributed by atoms with E-state index in [4.69, 9.17) is 9.47 Å². The molecule has 0 aromatic carbocycles. The lowest BCUT2D eigenvalue weighted by molar-refractivity contribution is -0.161. The number of hydrogen-bond acceptors (Lipinski definition) is 5. The molecule has 1 N–H and O–H groups in total. The van der Waals surface area contributed by atoms with E-state index in [1.165, 1.54) is 225 Å². The smallest absolute Gasteiger partial charge is 0.306 e. The van der Waals surface area contributed by atoms with Crippen molar-refractivity contribution in [2.75, 3.05) is 13.2 Å². The van der Waals surface area contributed by atoms with E-state index < -0.39 is 6.10 Å². The van der Waals surface area contributed by atoms with Gasteiger partial charge in [-0.15, -0.1) is 0 Å². The Morgan fingerprint density at radius 1 is 0.308 bits per heavy atom. The normalized spacial score (nSPS) is 12.8. The number of esters is 2. The molecule has 0 aliphatic rings. The van der Waals surface area contributed by atoms with Crippen LogP contribution in [0, 0.1) is 0 Å². The van der Waals surface area contributed by atoms with Crippen molar-refractivity contribution in [3.63, 3.8) is 0 Å². The molecule has 0 saturated carbocycles. The van der Waals surface area contributed by atoms with Gasteiger partial charge in [-0.25, -0.2) is 0 Å². The van der Waals surface area contributed by atoms with Gasteiger partial charge in [-0.2, -0.15) is 0 Å². The number of unbranched alkanes of at least 4 members (excludes halogenated alkanes) is 38. The standard InChI is InChI=1S/C73H128O5/c1-3-5-7-9-11-13-15-17-19-21-23-25-27-29-30-31-32-33-34-35-36-37-38-39-40-41-42-44-46-48-50-52-54-56-58-60-62-64-66-68-73(76)78-71(69-74)70-77-72(75)67-65-63-61-59-57-55-53-51-49-47-45-43-28-26-24-22-20-18-16-14-12-10-8-6-4-2/h5,7,11,13,17,19,22-25,29-30,32-33,35-36,71,74H,3-4,6,8-10,12,14-16,18,20-21,26-28,31,34,37-70H2,1-2H3/b7-5-,13-11-,19-17-,24-22-,25-23-,30-29-,33-32-,36-35-. The zero-order valence-electron chi connectivity index (χ0n) is 51.7. The van der Waals surface area contributed by atoms with Crippen LogP contribution in [0.2, 0.25) is 0 Å². The van der Waals surface area contributed by atoms with Gasteiger partial charge in [-0.05, 0) is 96.3 Å². The number of carbonyl (C=O) groups is 2. The summed E-state index contributed by atoms with van der Waals surface area (Å²) >= 11 is 0. The second kappa shape index (κ2) is 68.1. The topological polar surface area (TPSA) is 72.8 Å². The SMILES string of the molecule is CC/C=C\C/C=C\C/C=C\C/C=C\C/C=C\C/C=C\C/C=C\CCCCCCCCCCCCCCCCCCCC(=O)OC(CO)COC(=O)CCCCCCCCCCCCCCC/C=C\CCCCCCCCCC. The summed E-state index contributed by atoms with van der Waals surface area (Å²) in [6.07, 6.45) is 97.1. The molecule has 0 spiro atoms. The minimum atomic E-state index is -0.775. The van der Waals surface area contributed by atoms with Crippen LogP contribution in [0.15, 0.2) is 97.2 Å². The Hall–Kier alpha value is -3.18. The third-order valence-electron chi connectivity index (χ3n) is 14.9. The summed E-state index contributed by atoms with van der Waals surface area (Å²) in [7, 11) is 0. The summed E-state index contributed by atoms with van der Waals surface area (Å²) in [4.78, 5) is 24.6. The van der Waals surface area contributed by atoms with Crippen LogP contribution >= 0.6 is 0 Å². The molecule has 0 rings (SSSR count). The number of hydrogen-bond donors (Lipinski definition) is 1. The van der Waals surface area contributed by atoms with Crippen LogP contribution in [0.25, 0.3) is 0 Å². The van der Waals surface area contributed by atoms with Crippen LogP contribution < -0.4 is 0 Å². The van der Waals surface area contributed by atoms with E-state index in [1.54, 1.807) is 0 Å². The quantitative estimate of drug-likeness (QED) is 0.0373. The molecule has 1 unspecified atom stereocenters. The lowest BCUT2D eigenvalue weighted by atomic mass is 10.0. The molecule has 1 atom stereocenters. The molecule has 5 nitrogen and oxygen atoms in total. The lowest BCUT2D eigenvalue weighted by Crippen LogP contribution is -2.28. The van der Waals surface area contributed by atoms with E-state index in [-0.39, 0.29) is 25.2 Å². The first kappa shape index (κ1) is 74.8. The predicted molar refractivity (Wildman–Crippen MR) is 343 cm³/mol. The molecule has 0 fully saturated rings. The Morgan fingerprint density at radius 2 is 0.551 bits per heavy atom. The number of ether oxygens (including phenoxy) is 2. The molecule has 78 heavy (non-hydrogen) atoms. The number of aliphatic hydroxyl groups is 1. The highest BCUT2D eigenvalue weighted by Gasteiger charge is 2.16. The minimum absolute atomic E-state index is 0.0648. The summed E-state index contributed by atoms with van der Waals surface area (Å²) < 4.78 is 10.8. The molecule has 0 aliphatic heterocycles. The van der Waals surface area contributed by atoms with Crippen LogP contribution in [0.1, 0.15) is 335 Å². The molecule has 0 bridgehead atoms. The number of rotatable bonds is 62.